The number of rotatable bonds is 15. The summed E-state index contributed by atoms with van der Waals surface area (Å²) in [7, 11) is 0. The molecule has 0 saturated heterocycles. The maximum Gasteiger partial charge on any atom is 0.326 e. The second-order valence-corrected chi connectivity index (χ2v) is 8.98. The van der Waals surface area contributed by atoms with Crippen molar-refractivity contribution in [2.75, 3.05) is 6.54 Å². The molecule has 1 aromatic carbocycles. The summed E-state index contributed by atoms with van der Waals surface area (Å²) in [4.78, 5) is 68.1. The number of carbonyl (C=O) groups is 5. The molecule has 0 spiro atoms. The number of hydrogen-bond donors (Lipinski definition) is 9. The van der Waals surface area contributed by atoms with Gasteiger partial charge in [0.05, 0.1) is 12.5 Å². The molecule has 15 nitrogen and oxygen atoms in total. The van der Waals surface area contributed by atoms with E-state index in [1.54, 1.807) is 6.20 Å². The minimum absolute atomic E-state index is 0.0176. The number of aromatic amines is 1. The Kier molecular flexibility index (Phi) is 11.2. The highest BCUT2D eigenvalue weighted by Crippen LogP contribution is 2.19. The van der Waals surface area contributed by atoms with Crippen LogP contribution >= 0.6 is 0 Å². The van der Waals surface area contributed by atoms with Gasteiger partial charge in [-0.3, -0.25) is 24.2 Å². The van der Waals surface area contributed by atoms with Gasteiger partial charge in [-0.15, -0.1) is 0 Å². The summed E-state index contributed by atoms with van der Waals surface area (Å²) >= 11 is 0. The number of para-hydroxylation sites is 1. The van der Waals surface area contributed by atoms with Gasteiger partial charge in [-0.25, -0.2) is 4.79 Å². The van der Waals surface area contributed by atoms with Gasteiger partial charge < -0.3 is 49.0 Å². The molecule has 1 heterocycles. The van der Waals surface area contributed by atoms with Gasteiger partial charge in [0.2, 0.25) is 23.6 Å². The third-order valence-electron chi connectivity index (χ3n) is 5.80. The Morgan fingerprint density at radius 1 is 0.974 bits per heavy atom. The van der Waals surface area contributed by atoms with Crippen molar-refractivity contribution in [2.24, 2.45) is 27.9 Å². The zero-order chi connectivity index (χ0) is 29.1. The number of nitrogens with zero attached hydrogens (tertiary/aromatic N) is 1. The number of carboxylic acid groups (broad SMARTS) is 1. The lowest BCUT2D eigenvalue weighted by Crippen LogP contribution is -2.57. The van der Waals surface area contributed by atoms with Gasteiger partial charge in [-0.05, 0) is 31.4 Å². The third-order valence-corrected chi connectivity index (χ3v) is 5.80. The number of aromatic nitrogens is 1. The number of carboxylic acids is 1. The van der Waals surface area contributed by atoms with Crippen LogP contribution < -0.4 is 38.9 Å². The largest absolute Gasteiger partial charge is 0.480 e. The van der Waals surface area contributed by atoms with Crippen LogP contribution in [0.15, 0.2) is 35.5 Å². The Hall–Kier alpha value is -4.66. The van der Waals surface area contributed by atoms with Gasteiger partial charge in [0.1, 0.15) is 18.1 Å². The van der Waals surface area contributed by atoms with Gasteiger partial charge in [0, 0.05) is 30.1 Å². The lowest BCUT2D eigenvalue weighted by Gasteiger charge is -2.23. The average molecular weight is 546 g/mol. The normalized spacial score (nSPS) is 13.9. The smallest absolute Gasteiger partial charge is 0.326 e. The molecule has 4 amide bonds. The first-order valence-corrected chi connectivity index (χ1v) is 12.2. The minimum Gasteiger partial charge on any atom is -0.480 e. The predicted octanol–water partition coefficient (Wildman–Crippen LogP) is -2.47. The second kappa shape index (κ2) is 14.3. The zero-order valence-electron chi connectivity index (χ0n) is 21.5. The van der Waals surface area contributed by atoms with Crippen molar-refractivity contribution in [1.29, 1.82) is 0 Å². The first-order valence-electron chi connectivity index (χ1n) is 12.2. The van der Waals surface area contributed by atoms with Crippen molar-refractivity contribution in [3.8, 4) is 0 Å². The highest BCUT2D eigenvalue weighted by molar-refractivity contribution is 5.95. The quantitative estimate of drug-likeness (QED) is 0.0650. The minimum atomic E-state index is -1.27. The van der Waals surface area contributed by atoms with Crippen LogP contribution in [0.3, 0.4) is 0 Å². The number of nitrogens with two attached hydrogens (primary N) is 4. The molecule has 0 fully saturated rings. The van der Waals surface area contributed by atoms with Crippen molar-refractivity contribution in [1.82, 2.24) is 20.9 Å². The Bertz CT molecular complexity index is 1220. The van der Waals surface area contributed by atoms with Crippen LogP contribution in [0.1, 0.15) is 31.7 Å². The fraction of sp³-hybridized carbons (Fsp3) is 0.417. The first-order chi connectivity index (χ1) is 18.4. The molecule has 212 valence electrons. The van der Waals surface area contributed by atoms with Crippen LogP contribution in [-0.4, -0.2) is 76.4 Å². The number of carbonyl (C=O) groups excluding carboxylic acids is 4. The zero-order valence-corrected chi connectivity index (χ0v) is 21.5. The third kappa shape index (κ3) is 9.62. The van der Waals surface area contributed by atoms with E-state index in [0.29, 0.717) is 5.56 Å². The molecular weight excluding hydrogens is 510 g/mol. The van der Waals surface area contributed by atoms with Crippen LogP contribution in [0.2, 0.25) is 0 Å². The van der Waals surface area contributed by atoms with E-state index in [0.717, 1.165) is 10.9 Å². The molecule has 39 heavy (non-hydrogen) atoms. The second-order valence-electron chi connectivity index (χ2n) is 8.98. The molecule has 0 aliphatic rings. The van der Waals surface area contributed by atoms with Crippen LogP contribution in [0.5, 0.6) is 0 Å². The van der Waals surface area contributed by atoms with Gasteiger partial charge in [0.15, 0.2) is 5.96 Å². The van der Waals surface area contributed by atoms with Gasteiger partial charge in [0.25, 0.3) is 0 Å². The van der Waals surface area contributed by atoms with Gasteiger partial charge in [-0.2, -0.15) is 0 Å². The monoisotopic (exact) mass is 545 g/mol. The van der Waals surface area contributed by atoms with Gasteiger partial charge in [-0.1, -0.05) is 18.2 Å². The van der Waals surface area contributed by atoms with Crippen molar-refractivity contribution >= 4 is 46.5 Å². The first kappa shape index (κ1) is 30.6. The van der Waals surface area contributed by atoms with Crippen molar-refractivity contribution in [2.45, 2.75) is 56.8 Å². The summed E-state index contributed by atoms with van der Waals surface area (Å²) in [5.41, 5.74) is 22.7. The number of fused-ring (bicyclic) bond motifs is 1. The van der Waals surface area contributed by atoms with Crippen LogP contribution in [0.4, 0.5) is 0 Å². The number of H-pyrrole nitrogens is 1. The lowest BCUT2D eigenvalue weighted by atomic mass is 10.0. The Balaban J connectivity index is 2.19. The van der Waals surface area contributed by atoms with Crippen molar-refractivity contribution < 1.29 is 29.1 Å². The van der Waals surface area contributed by atoms with Crippen molar-refractivity contribution in [3.63, 3.8) is 0 Å². The van der Waals surface area contributed by atoms with E-state index in [1.807, 2.05) is 24.3 Å². The fourth-order valence-electron chi connectivity index (χ4n) is 3.76. The maximum atomic E-state index is 13.2. The van der Waals surface area contributed by atoms with Crippen LogP contribution in [0.25, 0.3) is 10.9 Å². The molecule has 0 aliphatic heterocycles. The summed E-state index contributed by atoms with van der Waals surface area (Å²) in [6, 6.07) is 2.48. The predicted molar refractivity (Wildman–Crippen MR) is 143 cm³/mol. The van der Waals surface area contributed by atoms with Crippen LogP contribution in [0, 0.1) is 0 Å². The summed E-state index contributed by atoms with van der Waals surface area (Å²) < 4.78 is 0. The highest BCUT2D eigenvalue weighted by Gasteiger charge is 2.29. The Morgan fingerprint density at radius 2 is 1.64 bits per heavy atom. The molecule has 4 unspecified atom stereocenters. The number of aliphatic carboxylic acids is 1. The lowest BCUT2D eigenvalue weighted by molar-refractivity contribution is -0.142. The highest BCUT2D eigenvalue weighted by atomic mass is 16.4. The molecule has 13 N–H and O–H groups in total. The van der Waals surface area contributed by atoms with E-state index < -0.39 is 60.2 Å². The van der Waals surface area contributed by atoms with E-state index in [1.165, 1.54) is 6.92 Å². The molecule has 4 atom stereocenters. The van der Waals surface area contributed by atoms with E-state index in [-0.39, 0.29) is 31.8 Å². The Labute approximate surface area is 224 Å². The number of nitrogens with one attached hydrogen (secondary N) is 4. The van der Waals surface area contributed by atoms with E-state index in [4.69, 9.17) is 22.9 Å². The summed E-state index contributed by atoms with van der Waals surface area (Å²) in [6.07, 6.45) is 1.61. The molecule has 0 bridgehead atoms. The van der Waals surface area contributed by atoms with Gasteiger partial charge >= 0.3 is 5.97 Å². The summed E-state index contributed by atoms with van der Waals surface area (Å²) in [6.45, 7) is 1.54. The SMILES string of the molecule is CC(NC(=O)C(N)CC(N)=O)C(=O)NC(Cc1c[nH]c2ccccc12)C(=O)NC(CCCN=C(N)N)C(=O)O. The number of hydrogen-bond acceptors (Lipinski definition) is 7. The number of primary amides is 1. The van der Waals surface area contributed by atoms with Crippen LogP contribution in [-0.2, 0) is 30.4 Å². The molecule has 0 saturated carbocycles. The molecule has 2 rings (SSSR count). The topological polar surface area (TPSA) is 274 Å². The van der Waals surface area contributed by atoms with E-state index in [9.17, 15) is 29.1 Å². The molecule has 15 heteroatoms. The van der Waals surface area contributed by atoms with E-state index in [2.05, 4.69) is 25.9 Å². The summed E-state index contributed by atoms with van der Waals surface area (Å²) in [5.74, 6) is -4.43. The number of aliphatic imine (C=N–C) groups is 1. The molecule has 2 aromatic rings. The standard InChI is InChI=1S/C24H35N9O6/c1-12(31-21(36)15(25)10-19(26)34)20(35)33-18(9-13-11-30-16-6-3-2-5-14(13)16)22(37)32-17(23(38)39)7-4-8-29-24(27)28/h2-3,5-6,11-12,15,17-18,30H,4,7-10,25H2,1H3,(H2,26,34)(H,31,36)(H,32,37)(H,33,35)(H,38,39)(H4,27,28,29). The number of benzene rings is 1. The molecule has 0 radical (unpaired) electrons. The molecule has 0 aliphatic carbocycles. The summed E-state index contributed by atoms with van der Waals surface area (Å²) in [5, 5.41) is 17.8. The van der Waals surface area contributed by atoms with Crippen molar-refractivity contribution in [3.05, 3.63) is 36.0 Å². The average Bonchev–Trinajstić information content (AvgIpc) is 3.27. The molecule has 1 aromatic heterocycles. The number of amides is 4. The molecular formula is C24H35N9O6. The van der Waals surface area contributed by atoms with E-state index >= 15 is 0 Å². The maximum absolute atomic E-state index is 13.2. The Morgan fingerprint density at radius 3 is 2.28 bits per heavy atom. The fourth-order valence-corrected chi connectivity index (χ4v) is 3.76. The number of guanidine groups is 1.